The second-order valence-corrected chi connectivity index (χ2v) is 7.06. The molecule has 1 amide bonds. The number of benzene rings is 1. The van der Waals surface area contributed by atoms with Crippen molar-refractivity contribution in [3.63, 3.8) is 0 Å². The van der Waals surface area contributed by atoms with Crippen LogP contribution < -0.4 is 4.90 Å². The van der Waals surface area contributed by atoms with Gasteiger partial charge in [-0.25, -0.2) is 0 Å². The molecule has 7 nitrogen and oxygen atoms in total. The van der Waals surface area contributed by atoms with Gasteiger partial charge >= 0.3 is 0 Å². The molecule has 0 radical (unpaired) electrons. The number of piperazine rings is 1. The minimum absolute atomic E-state index is 0.0298. The number of likely N-dealkylation sites (tertiary alicyclic amines) is 1. The Morgan fingerprint density at radius 3 is 2.40 bits per heavy atom. The zero-order valence-electron chi connectivity index (χ0n) is 14.4. The summed E-state index contributed by atoms with van der Waals surface area (Å²) in [6.45, 7) is 6.41. The van der Waals surface area contributed by atoms with Crippen LogP contribution in [0.25, 0.3) is 0 Å². The summed E-state index contributed by atoms with van der Waals surface area (Å²) < 4.78 is 0. The first-order chi connectivity index (χ1) is 12.0. The van der Waals surface area contributed by atoms with Crippen molar-refractivity contribution in [2.75, 3.05) is 44.2 Å². The summed E-state index contributed by atoms with van der Waals surface area (Å²) >= 11 is 5.89. The summed E-state index contributed by atoms with van der Waals surface area (Å²) in [7, 11) is 0. The summed E-state index contributed by atoms with van der Waals surface area (Å²) in [4.78, 5) is 29.5. The number of carbonyl (C=O) groups excluding carboxylic acids is 1. The molecule has 3 rings (SSSR count). The molecule has 25 heavy (non-hydrogen) atoms. The Morgan fingerprint density at radius 2 is 1.80 bits per heavy atom. The minimum Gasteiger partial charge on any atom is -0.363 e. The quantitative estimate of drug-likeness (QED) is 0.604. The minimum atomic E-state index is -0.396. The molecule has 1 aromatic carbocycles. The molecule has 2 saturated heterocycles. The zero-order valence-corrected chi connectivity index (χ0v) is 15.1. The van der Waals surface area contributed by atoms with Crippen LogP contribution in [-0.2, 0) is 4.79 Å². The average molecular weight is 367 g/mol. The van der Waals surface area contributed by atoms with Crippen molar-refractivity contribution in [1.29, 1.82) is 0 Å². The molecule has 0 N–H and O–H groups in total. The van der Waals surface area contributed by atoms with Crippen LogP contribution in [0.2, 0.25) is 5.02 Å². The molecule has 0 spiro atoms. The standard InChI is InChI=1S/C17H23ClN4O3/c1-13(17(23)21-6-2-3-7-21)19-8-10-20(11-9-19)15-5-4-14(18)12-16(15)22(24)25/h4-5,12-13H,2-3,6-11H2,1H3/t13-/m0/s1. The number of nitrogens with zero attached hydrogens (tertiary/aromatic N) is 4. The normalized spacial score (nSPS) is 19.9. The number of nitro groups is 1. The highest BCUT2D eigenvalue weighted by Crippen LogP contribution is 2.31. The molecule has 0 aromatic heterocycles. The van der Waals surface area contributed by atoms with Crippen LogP contribution in [0.5, 0.6) is 0 Å². The summed E-state index contributed by atoms with van der Waals surface area (Å²) in [6.07, 6.45) is 2.18. The van der Waals surface area contributed by atoms with Crippen LogP contribution >= 0.6 is 11.6 Å². The summed E-state index contributed by atoms with van der Waals surface area (Å²) in [5.74, 6) is 0.198. The Balaban J connectivity index is 1.64. The number of carbonyl (C=O) groups is 1. The van der Waals surface area contributed by atoms with Gasteiger partial charge in [0, 0.05) is 50.4 Å². The van der Waals surface area contributed by atoms with Gasteiger partial charge in [0.2, 0.25) is 5.91 Å². The maximum absolute atomic E-state index is 12.5. The largest absolute Gasteiger partial charge is 0.363 e. The Morgan fingerprint density at radius 1 is 1.16 bits per heavy atom. The van der Waals surface area contributed by atoms with Gasteiger partial charge in [0.25, 0.3) is 5.69 Å². The van der Waals surface area contributed by atoms with Gasteiger partial charge in [0.05, 0.1) is 11.0 Å². The predicted octanol–water partition coefficient (Wildman–Crippen LogP) is 2.38. The number of rotatable bonds is 4. The van der Waals surface area contributed by atoms with E-state index in [2.05, 4.69) is 4.90 Å². The van der Waals surface area contributed by atoms with Crippen molar-refractivity contribution in [2.24, 2.45) is 0 Å². The Hall–Kier alpha value is -1.86. The predicted molar refractivity (Wildman–Crippen MR) is 97.2 cm³/mol. The second-order valence-electron chi connectivity index (χ2n) is 6.62. The summed E-state index contributed by atoms with van der Waals surface area (Å²) in [5.41, 5.74) is 0.620. The molecule has 0 saturated carbocycles. The van der Waals surface area contributed by atoms with Gasteiger partial charge in [-0.15, -0.1) is 0 Å². The van der Waals surface area contributed by atoms with Gasteiger partial charge in [-0.3, -0.25) is 19.8 Å². The fraction of sp³-hybridized carbons (Fsp3) is 0.588. The second kappa shape index (κ2) is 7.58. The van der Waals surface area contributed by atoms with Crippen LogP contribution in [0.15, 0.2) is 18.2 Å². The lowest BCUT2D eigenvalue weighted by Gasteiger charge is -2.39. The fourth-order valence-electron chi connectivity index (χ4n) is 3.62. The van der Waals surface area contributed by atoms with E-state index >= 15 is 0 Å². The Kier molecular flexibility index (Phi) is 5.44. The van der Waals surface area contributed by atoms with E-state index in [0.29, 0.717) is 36.9 Å². The smallest absolute Gasteiger partial charge is 0.294 e. The van der Waals surface area contributed by atoms with Gasteiger partial charge in [-0.05, 0) is 31.9 Å². The van der Waals surface area contributed by atoms with Crippen molar-refractivity contribution in [1.82, 2.24) is 9.80 Å². The lowest BCUT2D eigenvalue weighted by Crippen LogP contribution is -2.54. The lowest BCUT2D eigenvalue weighted by atomic mass is 10.1. The molecule has 2 heterocycles. The van der Waals surface area contributed by atoms with Gasteiger partial charge < -0.3 is 9.80 Å². The molecular weight excluding hydrogens is 344 g/mol. The molecule has 1 atom stereocenters. The third-order valence-corrected chi connectivity index (χ3v) is 5.35. The van der Waals surface area contributed by atoms with Gasteiger partial charge in [-0.1, -0.05) is 11.6 Å². The summed E-state index contributed by atoms with van der Waals surface area (Å²) in [6, 6.07) is 4.63. The monoisotopic (exact) mass is 366 g/mol. The van der Waals surface area contributed by atoms with Crippen LogP contribution in [0.3, 0.4) is 0 Å². The SMILES string of the molecule is C[C@@H](C(=O)N1CCCC1)N1CCN(c2ccc(Cl)cc2[N+](=O)[O-])CC1. The highest BCUT2D eigenvalue weighted by atomic mass is 35.5. The molecule has 2 aliphatic rings. The van der Waals surface area contributed by atoms with Crippen molar-refractivity contribution in [2.45, 2.75) is 25.8 Å². The number of halogens is 1. The number of hydrogen-bond donors (Lipinski definition) is 0. The van der Waals surface area contributed by atoms with E-state index in [1.165, 1.54) is 6.07 Å². The van der Waals surface area contributed by atoms with E-state index in [1.807, 2.05) is 16.7 Å². The number of hydrogen-bond acceptors (Lipinski definition) is 5. The first-order valence-electron chi connectivity index (χ1n) is 8.69. The maximum Gasteiger partial charge on any atom is 0.294 e. The topological polar surface area (TPSA) is 69.9 Å². The van der Waals surface area contributed by atoms with Gasteiger partial charge in [-0.2, -0.15) is 0 Å². The highest BCUT2D eigenvalue weighted by Gasteiger charge is 2.31. The molecule has 136 valence electrons. The molecule has 0 aliphatic carbocycles. The Bertz CT molecular complexity index is 655. The third-order valence-electron chi connectivity index (χ3n) is 5.11. The average Bonchev–Trinajstić information content (AvgIpc) is 3.15. The van der Waals surface area contributed by atoms with Crippen molar-refractivity contribution >= 4 is 28.9 Å². The molecule has 0 unspecified atom stereocenters. The molecule has 1 aromatic rings. The van der Waals surface area contributed by atoms with Crippen LogP contribution in [0.1, 0.15) is 19.8 Å². The van der Waals surface area contributed by atoms with Gasteiger partial charge in [0.15, 0.2) is 0 Å². The van der Waals surface area contributed by atoms with E-state index in [0.717, 1.165) is 25.9 Å². The fourth-order valence-corrected chi connectivity index (χ4v) is 3.78. The Labute approximate surface area is 152 Å². The molecular formula is C17H23ClN4O3. The van der Waals surface area contributed by atoms with E-state index in [-0.39, 0.29) is 17.6 Å². The van der Waals surface area contributed by atoms with E-state index in [9.17, 15) is 14.9 Å². The summed E-state index contributed by atoms with van der Waals surface area (Å²) in [5, 5.41) is 11.6. The van der Waals surface area contributed by atoms with E-state index in [1.54, 1.807) is 12.1 Å². The van der Waals surface area contributed by atoms with Crippen LogP contribution in [0.4, 0.5) is 11.4 Å². The van der Waals surface area contributed by atoms with Crippen LogP contribution in [-0.4, -0.2) is 65.9 Å². The highest BCUT2D eigenvalue weighted by molar-refractivity contribution is 6.30. The maximum atomic E-state index is 12.5. The zero-order chi connectivity index (χ0) is 18.0. The third kappa shape index (κ3) is 3.88. The number of nitro benzene ring substituents is 1. The van der Waals surface area contributed by atoms with Crippen molar-refractivity contribution in [3.8, 4) is 0 Å². The van der Waals surface area contributed by atoms with Crippen molar-refractivity contribution in [3.05, 3.63) is 33.3 Å². The molecule has 2 aliphatic heterocycles. The van der Waals surface area contributed by atoms with E-state index in [4.69, 9.17) is 11.6 Å². The first-order valence-corrected chi connectivity index (χ1v) is 9.07. The number of anilines is 1. The first kappa shape index (κ1) is 17.9. The number of amides is 1. The molecule has 2 fully saturated rings. The van der Waals surface area contributed by atoms with Crippen molar-refractivity contribution < 1.29 is 9.72 Å². The lowest BCUT2D eigenvalue weighted by molar-refractivity contribution is -0.384. The molecule has 8 heteroatoms. The molecule has 0 bridgehead atoms. The van der Waals surface area contributed by atoms with Gasteiger partial charge in [0.1, 0.15) is 5.69 Å². The van der Waals surface area contributed by atoms with Crippen LogP contribution in [0, 0.1) is 10.1 Å². The van der Waals surface area contributed by atoms with E-state index < -0.39 is 4.92 Å².